The van der Waals surface area contributed by atoms with Gasteiger partial charge in [-0.3, -0.25) is 19.2 Å². The number of nitrogens with zero attached hydrogens (tertiary/aromatic N) is 3. The topological polar surface area (TPSA) is 368 Å². The lowest BCUT2D eigenvalue weighted by atomic mass is 9.78. The summed E-state index contributed by atoms with van der Waals surface area (Å²) in [6, 6.07) is -2.14. The number of carbonyl (C=O) groups is 4. The number of rotatable bonds is 11. The average Bonchev–Trinajstić information content (AvgIpc) is 2.84. The van der Waals surface area contributed by atoms with Crippen LogP contribution in [0, 0.1) is 35.5 Å². The second-order valence-electron chi connectivity index (χ2n) is 27.5. The number of hydrogen-bond donors (Lipinski definition) is 12. The van der Waals surface area contributed by atoms with Crippen LogP contribution < -0.4 is 5.32 Å². The number of carboxylic acids is 1. The van der Waals surface area contributed by atoms with Crippen LogP contribution >= 0.6 is 0 Å². The molecule has 0 aromatic rings. The number of amides is 1. The summed E-state index contributed by atoms with van der Waals surface area (Å²) < 4.78 is 36.0. The molecule has 0 unspecified atom stereocenters. The van der Waals surface area contributed by atoms with Crippen LogP contribution in [0.4, 0.5) is 0 Å². The van der Waals surface area contributed by atoms with E-state index in [1.54, 1.807) is 76.4 Å². The predicted octanol–water partition coefficient (Wildman–Crippen LogP) is 1.62. The molecule has 0 radical (unpaired) electrons. The molecule has 4 fully saturated rings. The summed E-state index contributed by atoms with van der Waals surface area (Å²) in [4.78, 5) is 55.4. The van der Waals surface area contributed by atoms with Gasteiger partial charge in [-0.2, -0.15) is 0 Å². The minimum absolute atomic E-state index is 0. The van der Waals surface area contributed by atoms with Crippen molar-refractivity contribution in [3.63, 3.8) is 0 Å². The van der Waals surface area contributed by atoms with Crippen molar-refractivity contribution in [1.82, 2.24) is 20.0 Å². The van der Waals surface area contributed by atoms with Gasteiger partial charge in [0.05, 0.1) is 72.1 Å². The van der Waals surface area contributed by atoms with E-state index < -0.39 is 168 Å². The Morgan fingerprint density at radius 2 is 0.989 bits per heavy atom. The van der Waals surface area contributed by atoms with Gasteiger partial charge in [-0.1, -0.05) is 41.5 Å². The molecule has 87 heavy (non-hydrogen) atoms. The molecule has 0 aliphatic carbocycles. The highest BCUT2D eigenvalue weighted by Gasteiger charge is 2.53. The van der Waals surface area contributed by atoms with E-state index in [9.17, 15) is 70.2 Å². The number of hydrogen-bond acceptors (Lipinski definition) is 23. The lowest BCUT2D eigenvalue weighted by molar-refractivity contribution is -0.299. The largest absolute Gasteiger partial charge is 0.481 e. The number of nitrogens with one attached hydrogen (secondary N) is 1. The third-order valence-electron chi connectivity index (χ3n) is 19.4. The Morgan fingerprint density at radius 1 is 0.621 bits per heavy atom. The molecule has 4 aliphatic rings. The van der Waals surface area contributed by atoms with E-state index in [4.69, 9.17) is 33.5 Å². The van der Waals surface area contributed by atoms with Gasteiger partial charge in [0, 0.05) is 57.9 Å². The van der Waals surface area contributed by atoms with E-state index in [0.717, 1.165) is 0 Å². The molecule has 4 heterocycles. The van der Waals surface area contributed by atoms with Gasteiger partial charge in [0.25, 0.3) is 0 Å². The van der Waals surface area contributed by atoms with E-state index in [2.05, 4.69) is 5.32 Å². The molecule has 0 bridgehead atoms. The van der Waals surface area contributed by atoms with E-state index >= 15 is 0 Å². The Balaban J connectivity index is 0.000000601. The quantitative estimate of drug-likeness (QED) is 0.131. The monoisotopic (exact) mass is 1250 g/mol. The Morgan fingerprint density at radius 3 is 1.34 bits per heavy atom. The van der Waals surface area contributed by atoms with Gasteiger partial charge in [-0.05, 0) is 141 Å². The standard InChI is InChI=1S/C33H60N2O12.C29H56N2O9.H2/c1-11-23-33(8,44)28(41)21(6)34(9)16-17(2)15-32(7,43)29(19(4)26(39)20(5)30(42)46-23)47-31-27(40)22(14-18(3)45-31)35(10)24(36)12-13-25(37)38;1-11-21-29(8,37)24(34)19(6)31(10)14-15(2)13-28(7,36)25(17(4)22(32)18(5)26(35)39-21)40-27-23(33)20(30-9)12-16(3)38-27;/h17-23,26-29,31,39-41,43-44H,11-16H2,1-10H3,(H,37,38);15-25,27,30,32-34,36-37H,11-14H2,1-10H3;1H/t17-,18-,19+,20-,21-,22+,23-,26+,27-,28-,29-,31+,32-,33-;15-,16-,17+,18-,19-,20+,21-,22+,23-,24-,25-,27+,28-,29-;/m11./s1. The van der Waals surface area contributed by atoms with Crippen LogP contribution in [-0.4, -0.2) is 268 Å². The van der Waals surface area contributed by atoms with Crippen molar-refractivity contribution in [1.29, 1.82) is 0 Å². The van der Waals surface area contributed by atoms with Gasteiger partial charge in [0.15, 0.2) is 12.6 Å². The first-order valence-electron chi connectivity index (χ1n) is 31.5. The minimum Gasteiger partial charge on any atom is -0.481 e. The number of ether oxygens (including phenoxy) is 6. The summed E-state index contributed by atoms with van der Waals surface area (Å²) in [5.41, 5.74) is -6.70. The highest BCUT2D eigenvalue weighted by molar-refractivity contribution is 5.80. The summed E-state index contributed by atoms with van der Waals surface area (Å²) in [5.74, 6) is -7.31. The smallest absolute Gasteiger partial charge is 0.311 e. The number of cyclic esters (lactones) is 2. The summed E-state index contributed by atoms with van der Waals surface area (Å²) in [7, 11) is 6.84. The molecule has 12 N–H and O–H groups in total. The third-order valence-corrected chi connectivity index (χ3v) is 19.4. The molecule has 25 nitrogen and oxygen atoms in total. The van der Waals surface area contributed by atoms with Crippen LogP contribution in [-0.2, 0) is 47.6 Å². The molecule has 512 valence electrons. The Kier molecular flexibility index (Phi) is 29.4. The Labute approximate surface area is 518 Å². The fourth-order valence-electron chi connectivity index (χ4n) is 13.7. The van der Waals surface area contributed by atoms with Crippen molar-refractivity contribution in [3.8, 4) is 0 Å². The van der Waals surface area contributed by atoms with Crippen LogP contribution in [0.25, 0.3) is 0 Å². The Bertz CT molecular complexity index is 2170. The molecule has 4 aliphatic heterocycles. The molecular weight excluding hydrogens is 1140 g/mol. The van der Waals surface area contributed by atoms with Crippen molar-refractivity contribution in [2.24, 2.45) is 35.5 Å². The van der Waals surface area contributed by atoms with Crippen molar-refractivity contribution < 1.29 is 105 Å². The molecule has 4 rings (SSSR count). The van der Waals surface area contributed by atoms with Gasteiger partial charge in [-0.15, -0.1) is 0 Å². The maximum atomic E-state index is 13.4. The molecule has 0 aromatic heterocycles. The van der Waals surface area contributed by atoms with Crippen LogP contribution in [0.5, 0.6) is 0 Å². The van der Waals surface area contributed by atoms with Crippen LogP contribution in [0.3, 0.4) is 0 Å². The number of likely N-dealkylation sites (N-methyl/N-ethyl adjacent to an activating group) is 4. The first kappa shape index (κ1) is 78.4. The lowest BCUT2D eigenvalue weighted by Gasteiger charge is -2.47. The van der Waals surface area contributed by atoms with E-state index in [-0.39, 0.29) is 70.4 Å². The number of aliphatic hydroxyl groups excluding tert-OH is 6. The van der Waals surface area contributed by atoms with Gasteiger partial charge >= 0.3 is 17.9 Å². The fourth-order valence-corrected chi connectivity index (χ4v) is 13.7. The number of esters is 2. The highest BCUT2D eigenvalue weighted by atomic mass is 16.7. The second-order valence-corrected chi connectivity index (χ2v) is 27.5. The van der Waals surface area contributed by atoms with Gasteiger partial charge in [0.2, 0.25) is 5.91 Å². The SMILES string of the molecule is CC[C@H]1OC(=O)[C@H](C)[C@@H](O)[C@H](C)[C@@H](O[C@@H]2O[C@H](C)C[C@H](N(C)C(=O)CCC(=O)O)[C@H]2O)[C@](C)(O)C[C@@H](C)CN(C)[C@H](C)[C@@H](O)[C@]1(C)O.CC[C@H]1OC(=O)[C@H](C)[C@@H](O)[C@H](C)[C@@H](O[C@@H]2O[C@H](C)C[C@H](NC)[C@H]2O)[C@](C)(O)C[C@@H](C)CN(C)[C@H](C)[C@@H](O)[C@]1(C)O.[HH]. The van der Waals surface area contributed by atoms with Crippen molar-refractivity contribution in [2.75, 3.05) is 41.3 Å². The Hall–Kier alpha value is -2.80. The molecule has 0 saturated carbocycles. The summed E-state index contributed by atoms with van der Waals surface area (Å²) in [6.07, 6.45) is -14.0. The number of carbonyl (C=O) groups excluding carboxylic acids is 3. The van der Waals surface area contributed by atoms with E-state index in [1.807, 2.05) is 37.6 Å². The first-order valence-corrected chi connectivity index (χ1v) is 31.5. The zero-order valence-electron chi connectivity index (χ0n) is 55.8. The fraction of sp³-hybridized carbons (Fsp3) is 0.935. The summed E-state index contributed by atoms with van der Waals surface area (Å²) in [5, 5.41) is 126. The van der Waals surface area contributed by atoms with Gasteiger partial charge in [-0.25, -0.2) is 0 Å². The molecule has 28 atom stereocenters. The molecule has 0 spiro atoms. The molecule has 1 amide bonds. The van der Waals surface area contributed by atoms with Crippen molar-refractivity contribution in [3.05, 3.63) is 0 Å². The maximum Gasteiger partial charge on any atom is 0.311 e. The predicted molar refractivity (Wildman–Crippen MR) is 323 cm³/mol. The number of carboxylic acid groups (broad SMARTS) is 1. The maximum absolute atomic E-state index is 13.4. The normalized spacial score (nSPS) is 46.0. The number of aliphatic hydroxyl groups is 10. The molecular formula is C62H118N4O21. The second kappa shape index (κ2) is 32.7. The van der Waals surface area contributed by atoms with Crippen molar-refractivity contribution in [2.45, 2.75) is 295 Å². The van der Waals surface area contributed by atoms with Crippen LogP contribution in [0.1, 0.15) is 164 Å². The van der Waals surface area contributed by atoms with E-state index in [1.165, 1.54) is 39.6 Å². The zero-order valence-corrected chi connectivity index (χ0v) is 55.8. The molecule has 0 aromatic carbocycles. The summed E-state index contributed by atoms with van der Waals surface area (Å²) >= 11 is 0. The molecule has 25 heteroatoms. The van der Waals surface area contributed by atoms with E-state index in [0.29, 0.717) is 19.5 Å². The first-order chi connectivity index (χ1) is 39.9. The van der Waals surface area contributed by atoms with Gasteiger partial charge < -0.3 is 105 Å². The third kappa shape index (κ3) is 19.9. The zero-order chi connectivity index (χ0) is 66.9. The van der Waals surface area contributed by atoms with Gasteiger partial charge in [0.1, 0.15) is 47.8 Å². The highest BCUT2D eigenvalue weighted by Crippen LogP contribution is 2.39. The average molecular weight is 1260 g/mol. The summed E-state index contributed by atoms with van der Waals surface area (Å²) in [6.45, 7) is 27.7. The molecule has 4 saturated heterocycles. The number of aliphatic carboxylic acids is 1. The van der Waals surface area contributed by atoms with Crippen molar-refractivity contribution >= 4 is 23.8 Å². The lowest BCUT2D eigenvalue weighted by Crippen LogP contribution is -2.60. The van der Waals surface area contributed by atoms with Crippen LogP contribution in [0.2, 0.25) is 0 Å². The minimum atomic E-state index is -1.81. The van der Waals surface area contributed by atoms with Crippen LogP contribution in [0.15, 0.2) is 0 Å².